The number of rotatable bonds is 4. The van der Waals surface area contributed by atoms with Gasteiger partial charge in [-0.25, -0.2) is 9.79 Å². The van der Waals surface area contributed by atoms with Gasteiger partial charge < -0.3 is 5.32 Å². The van der Waals surface area contributed by atoms with Gasteiger partial charge in [-0.05, 0) is 18.8 Å². The number of nitrogens with one attached hydrogen (secondary N) is 1. The van der Waals surface area contributed by atoms with Gasteiger partial charge in [-0.1, -0.05) is 27.7 Å². The Balaban J connectivity index is 2.28. The molecule has 0 radical (unpaired) electrons. The van der Waals surface area contributed by atoms with Gasteiger partial charge in [0.1, 0.15) is 6.04 Å². The Labute approximate surface area is 120 Å². The van der Waals surface area contributed by atoms with Crippen molar-refractivity contribution in [2.24, 2.45) is 16.8 Å². The van der Waals surface area contributed by atoms with E-state index in [1.54, 1.807) is 4.90 Å². The Hall–Kier alpha value is -1.59. The standard InChI is InChI=1S/C14H24N4O2/c1-8(2)6-17-12-11(15-10(5)16-12)13(19)18(14(17)20)7-9(3)4/h8-9,11-12H,6-7H2,1-5H3,(H,15,16). The number of amidine groups is 1. The van der Waals surface area contributed by atoms with E-state index in [0.29, 0.717) is 19.0 Å². The van der Waals surface area contributed by atoms with E-state index in [9.17, 15) is 9.59 Å². The lowest BCUT2D eigenvalue weighted by Crippen LogP contribution is -2.66. The van der Waals surface area contributed by atoms with E-state index in [0.717, 1.165) is 5.84 Å². The summed E-state index contributed by atoms with van der Waals surface area (Å²) < 4.78 is 0. The van der Waals surface area contributed by atoms with E-state index in [1.807, 2.05) is 20.8 Å². The number of imide groups is 1. The first kappa shape index (κ1) is 14.8. The van der Waals surface area contributed by atoms with Crippen molar-refractivity contribution in [3.63, 3.8) is 0 Å². The van der Waals surface area contributed by atoms with Crippen LogP contribution in [0.3, 0.4) is 0 Å². The number of amides is 3. The van der Waals surface area contributed by atoms with Crippen LogP contribution in [-0.4, -0.2) is 52.9 Å². The summed E-state index contributed by atoms with van der Waals surface area (Å²) in [6, 6.07) is -0.635. The molecule has 0 aromatic carbocycles. The first-order valence-corrected chi connectivity index (χ1v) is 7.24. The molecular weight excluding hydrogens is 256 g/mol. The lowest BCUT2D eigenvalue weighted by atomic mass is 10.1. The van der Waals surface area contributed by atoms with E-state index < -0.39 is 6.04 Å². The third-order valence-corrected chi connectivity index (χ3v) is 3.43. The Kier molecular flexibility index (Phi) is 4.01. The molecule has 0 bridgehead atoms. The average Bonchev–Trinajstić information content (AvgIpc) is 2.71. The molecule has 20 heavy (non-hydrogen) atoms. The molecule has 0 spiro atoms. The molecule has 2 rings (SSSR count). The summed E-state index contributed by atoms with van der Waals surface area (Å²) in [5, 5.41) is 3.10. The van der Waals surface area contributed by atoms with Crippen LogP contribution >= 0.6 is 0 Å². The molecule has 0 saturated carbocycles. The van der Waals surface area contributed by atoms with E-state index in [1.165, 1.54) is 4.90 Å². The minimum absolute atomic E-state index is 0.158. The lowest BCUT2D eigenvalue weighted by Gasteiger charge is -2.41. The summed E-state index contributed by atoms with van der Waals surface area (Å²) >= 11 is 0. The average molecular weight is 280 g/mol. The van der Waals surface area contributed by atoms with Crippen LogP contribution in [0.2, 0.25) is 0 Å². The van der Waals surface area contributed by atoms with Crippen molar-refractivity contribution in [3.05, 3.63) is 0 Å². The van der Waals surface area contributed by atoms with Gasteiger partial charge in [-0.3, -0.25) is 14.6 Å². The summed E-state index contributed by atoms with van der Waals surface area (Å²) in [4.78, 5) is 32.6. The highest BCUT2D eigenvalue weighted by Crippen LogP contribution is 2.24. The molecule has 1 N–H and O–H groups in total. The van der Waals surface area contributed by atoms with Crippen LogP contribution in [0.15, 0.2) is 4.99 Å². The van der Waals surface area contributed by atoms with E-state index in [-0.39, 0.29) is 24.0 Å². The van der Waals surface area contributed by atoms with Crippen LogP contribution in [-0.2, 0) is 4.79 Å². The van der Waals surface area contributed by atoms with E-state index in [4.69, 9.17) is 0 Å². The smallest absolute Gasteiger partial charge is 0.328 e. The minimum Gasteiger partial charge on any atom is -0.359 e. The Morgan fingerprint density at radius 2 is 1.75 bits per heavy atom. The highest BCUT2D eigenvalue weighted by molar-refractivity contribution is 6.03. The largest absolute Gasteiger partial charge is 0.359 e. The van der Waals surface area contributed by atoms with Gasteiger partial charge in [0.15, 0.2) is 6.17 Å². The maximum absolute atomic E-state index is 12.6. The quantitative estimate of drug-likeness (QED) is 0.843. The third-order valence-electron chi connectivity index (χ3n) is 3.43. The number of hydrogen-bond acceptors (Lipinski definition) is 4. The minimum atomic E-state index is -0.426. The second-order valence-corrected chi connectivity index (χ2v) is 6.42. The van der Waals surface area contributed by atoms with Crippen molar-refractivity contribution < 1.29 is 9.59 Å². The van der Waals surface area contributed by atoms with Crippen LogP contribution in [0.1, 0.15) is 34.6 Å². The van der Waals surface area contributed by atoms with Crippen molar-refractivity contribution >= 4 is 17.8 Å². The number of hydrogen-bond donors (Lipinski definition) is 1. The second kappa shape index (κ2) is 5.42. The molecule has 2 unspecified atom stereocenters. The van der Waals surface area contributed by atoms with Crippen LogP contribution < -0.4 is 5.32 Å². The molecule has 1 fully saturated rings. The first-order valence-electron chi connectivity index (χ1n) is 7.24. The van der Waals surface area contributed by atoms with Gasteiger partial charge >= 0.3 is 6.03 Å². The van der Waals surface area contributed by atoms with Crippen LogP contribution in [0.25, 0.3) is 0 Å². The summed E-state index contributed by atoms with van der Waals surface area (Å²) in [6.45, 7) is 11.0. The molecule has 0 aliphatic carbocycles. The van der Waals surface area contributed by atoms with Gasteiger partial charge in [0.2, 0.25) is 0 Å². The third kappa shape index (κ3) is 2.64. The topological polar surface area (TPSA) is 65.0 Å². The molecule has 2 atom stereocenters. The monoisotopic (exact) mass is 280 g/mol. The summed E-state index contributed by atoms with van der Waals surface area (Å²) in [7, 11) is 0. The highest BCUT2D eigenvalue weighted by Gasteiger charge is 2.48. The fraction of sp³-hybridized carbons (Fsp3) is 0.786. The number of aliphatic imine (C=N–C) groups is 1. The maximum Gasteiger partial charge on any atom is 0.328 e. The number of fused-ring (bicyclic) bond motifs is 1. The van der Waals surface area contributed by atoms with E-state index >= 15 is 0 Å². The lowest BCUT2D eigenvalue weighted by molar-refractivity contribution is -0.135. The van der Waals surface area contributed by atoms with Crippen LogP contribution in [0, 0.1) is 11.8 Å². The zero-order chi connectivity index (χ0) is 15.0. The highest BCUT2D eigenvalue weighted by atomic mass is 16.2. The molecule has 1 saturated heterocycles. The fourth-order valence-electron chi connectivity index (χ4n) is 2.69. The van der Waals surface area contributed by atoms with Gasteiger partial charge in [0.05, 0.1) is 5.84 Å². The zero-order valence-electron chi connectivity index (χ0n) is 12.9. The van der Waals surface area contributed by atoms with Gasteiger partial charge in [0, 0.05) is 13.1 Å². The second-order valence-electron chi connectivity index (χ2n) is 6.42. The van der Waals surface area contributed by atoms with E-state index in [2.05, 4.69) is 24.2 Å². The van der Waals surface area contributed by atoms with Crippen molar-refractivity contribution in [2.45, 2.75) is 46.8 Å². The summed E-state index contributed by atoms with van der Waals surface area (Å²) in [5.74, 6) is 1.16. The zero-order valence-corrected chi connectivity index (χ0v) is 12.9. The predicted molar refractivity (Wildman–Crippen MR) is 77.3 cm³/mol. The number of urea groups is 1. The molecule has 0 aromatic heterocycles. The normalized spacial score (nSPS) is 26.2. The number of carbonyl (C=O) groups is 2. The molecule has 3 amide bonds. The molecule has 0 aromatic rings. The fourth-order valence-corrected chi connectivity index (χ4v) is 2.69. The van der Waals surface area contributed by atoms with Gasteiger partial charge in [-0.15, -0.1) is 0 Å². The van der Waals surface area contributed by atoms with Gasteiger partial charge in [-0.2, -0.15) is 0 Å². The van der Waals surface area contributed by atoms with Crippen LogP contribution in [0.5, 0.6) is 0 Å². The molecular formula is C14H24N4O2. The van der Waals surface area contributed by atoms with Crippen molar-refractivity contribution in [3.8, 4) is 0 Å². The summed E-state index contributed by atoms with van der Waals surface area (Å²) in [5.41, 5.74) is 0. The Bertz CT molecular complexity index is 444. The Morgan fingerprint density at radius 3 is 2.30 bits per heavy atom. The first-order chi connectivity index (χ1) is 9.31. The molecule has 2 aliphatic rings. The molecule has 6 nitrogen and oxygen atoms in total. The van der Waals surface area contributed by atoms with Crippen molar-refractivity contribution in [2.75, 3.05) is 13.1 Å². The molecule has 6 heteroatoms. The van der Waals surface area contributed by atoms with Crippen molar-refractivity contribution in [1.29, 1.82) is 0 Å². The van der Waals surface area contributed by atoms with Crippen LogP contribution in [0.4, 0.5) is 4.79 Å². The number of carbonyl (C=O) groups excluding carboxylic acids is 2. The maximum atomic E-state index is 12.6. The summed E-state index contributed by atoms with van der Waals surface area (Å²) in [6.07, 6.45) is -0.388. The SMILES string of the molecule is CC1=NC2C(N1)C(=O)N(CC(C)C)C(=O)N2CC(C)C. The van der Waals surface area contributed by atoms with Crippen molar-refractivity contribution in [1.82, 2.24) is 15.1 Å². The predicted octanol–water partition coefficient (Wildman–Crippen LogP) is 1.28. The number of nitrogens with zero attached hydrogens (tertiary/aromatic N) is 3. The molecule has 112 valence electrons. The molecule has 2 aliphatic heterocycles. The van der Waals surface area contributed by atoms with Gasteiger partial charge in [0.25, 0.3) is 5.91 Å². The molecule has 2 heterocycles. The Morgan fingerprint density at radius 1 is 1.15 bits per heavy atom.